The van der Waals surface area contributed by atoms with E-state index in [1.54, 1.807) is 41.3 Å². The Labute approximate surface area is 196 Å². The second kappa shape index (κ2) is 9.75. The summed E-state index contributed by atoms with van der Waals surface area (Å²) in [6.45, 7) is 7.82. The van der Waals surface area contributed by atoms with Crippen LogP contribution in [-0.2, 0) is 23.2 Å². The van der Waals surface area contributed by atoms with Crippen molar-refractivity contribution in [3.05, 3.63) is 65.0 Å². The van der Waals surface area contributed by atoms with Crippen molar-refractivity contribution in [1.82, 2.24) is 14.8 Å². The van der Waals surface area contributed by atoms with E-state index in [-0.39, 0.29) is 23.0 Å². The summed E-state index contributed by atoms with van der Waals surface area (Å²) in [7, 11) is 5.60. The molecule has 0 unspecified atom stereocenters. The summed E-state index contributed by atoms with van der Waals surface area (Å²) < 4.78 is 0. The van der Waals surface area contributed by atoms with Crippen LogP contribution in [0.2, 0.25) is 0 Å². The van der Waals surface area contributed by atoms with Gasteiger partial charge in [0.2, 0.25) is 5.91 Å². The average Bonchev–Trinajstić information content (AvgIpc) is 2.76. The summed E-state index contributed by atoms with van der Waals surface area (Å²) in [5.41, 5.74) is 3.70. The van der Waals surface area contributed by atoms with E-state index in [2.05, 4.69) is 25.8 Å². The lowest BCUT2D eigenvalue weighted by Crippen LogP contribution is -2.37. The maximum Gasteiger partial charge on any atom is 0.257 e. The number of carbonyl (C=O) groups is 2. The molecule has 0 saturated carbocycles. The van der Waals surface area contributed by atoms with Crippen LogP contribution in [0.15, 0.2) is 42.6 Å². The summed E-state index contributed by atoms with van der Waals surface area (Å²) in [5.74, 6) is -0.350. The Morgan fingerprint density at radius 1 is 1.18 bits per heavy atom. The number of amides is 2. The summed E-state index contributed by atoms with van der Waals surface area (Å²) in [6.07, 6.45) is 5.71. The minimum absolute atomic E-state index is 0.0134. The van der Waals surface area contributed by atoms with Gasteiger partial charge in [-0.05, 0) is 48.8 Å². The van der Waals surface area contributed by atoms with Crippen LogP contribution in [0.1, 0.15) is 48.0 Å². The lowest BCUT2D eigenvalue weighted by molar-refractivity contribution is -0.113. The Morgan fingerprint density at radius 2 is 1.91 bits per heavy atom. The third-order valence-corrected chi connectivity index (χ3v) is 5.85. The van der Waals surface area contributed by atoms with Gasteiger partial charge in [0.05, 0.1) is 17.4 Å². The van der Waals surface area contributed by atoms with Gasteiger partial charge in [0.15, 0.2) is 0 Å². The molecule has 7 heteroatoms. The lowest BCUT2D eigenvalue weighted by Gasteiger charge is -2.30. The van der Waals surface area contributed by atoms with Crippen LogP contribution in [0.4, 0.5) is 5.69 Å². The maximum absolute atomic E-state index is 13.3. The molecule has 2 heterocycles. The van der Waals surface area contributed by atoms with E-state index >= 15 is 0 Å². The highest BCUT2D eigenvalue weighted by molar-refractivity contribution is 6.01. The van der Waals surface area contributed by atoms with Gasteiger partial charge in [0.25, 0.3) is 5.91 Å². The van der Waals surface area contributed by atoms with Gasteiger partial charge in [0.1, 0.15) is 5.75 Å². The number of carbonyl (C=O) groups excluding carboxylic acids is 2. The van der Waals surface area contributed by atoms with Crippen molar-refractivity contribution in [2.75, 3.05) is 39.1 Å². The van der Waals surface area contributed by atoms with E-state index in [1.807, 2.05) is 37.2 Å². The monoisotopic (exact) mass is 450 g/mol. The Kier molecular flexibility index (Phi) is 7.22. The number of aromatic nitrogens is 1. The highest BCUT2D eigenvalue weighted by atomic mass is 16.3. The van der Waals surface area contributed by atoms with Gasteiger partial charge in [0, 0.05) is 44.9 Å². The van der Waals surface area contributed by atoms with Crippen LogP contribution in [0, 0.1) is 0 Å². The number of nitrogens with zero attached hydrogens (tertiary/aromatic N) is 4. The van der Waals surface area contributed by atoms with E-state index in [0.717, 1.165) is 16.8 Å². The van der Waals surface area contributed by atoms with E-state index in [1.165, 1.54) is 0 Å². The first-order valence-corrected chi connectivity index (χ1v) is 11.2. The van der Waals surface area contributed by atoms with Crippen molar-refractivity contribution in [1.29, 1.82) is 0 Å². The van der Waals surface area contributed by atoms with E-state index in [4.69, 9.17) is 0 Å². The smallest absolute Gasteiger partial charge is 0.257 e. The predicted molar refractivity (Wildman–Crippen MR) is 131 cm³/mol. The van der Waals surface area contributed by atoms with Gasteiger partial charge < -0.3 is 19.8 Å². The van der Waals surface area contributed by atoms with E-state index < -0.39 is 0 Å². The fourth-order valence-corrected chi connectivity index (χ4v) is 3.72. The summed E-state index contributed by atoms with van der Waals surface area (Å²) >= 11 is 0. The van der Waals surface area contributed by atoms with Crippen LogP contribution in [0.25, 0.3) is 0 Å². The van der Waals surface area contributed by atoms with Gasteiger partial charge >= 0.3 is 0 Å². The number of hydrogen-bond acceptors (Lipinski definition) is 5. The number of aromatic hydroxyl groups is 1. The summed E-state index contributed by atoms with van der Waals surface area (Å²) in [5, 5.41) is 10.4. The molecule has 1 aliphatic heterocycles. The van der Waals surface area contributed by atoms with Gasteiger partial charge in [-0.3, -0.25) is 14.6 Å². The van der Waals surface area contributed by atoms with Crippen molar-refractivity contribution >= 4 is 17.5 Å². The molecule has 1 aliphatic rings. The van der Waals surface area contributed by atoms with Gasteiger partial charge in [-0.1, -0.05) is 32.9 Å². The molecule has 2 amide bonds. The molecular formula is C26H34N4O3. The Balaban J connectivity index is 1.79. The van der Waals surface area contributed by atoms with Crippen molar-refractivity contribution in [3.8, 4) is 5.75 Å². The zero-order valence-electron chi connectivity index (χ0n) is 20.4. The molecule has 0 fully saturated rings. The highest BCUT2D eigenvalue weighted by Crippen LogP contribution is 2.30. The van der Waals surface area contributed by atoms with E-state index in [9.17, 15) is 14.7 Å². The fraction of sp³-hybridized carbons (Fsp3) is 0.423. The highest BCUT2D eigenvalue weighted by Gasteiger charge is 2.26. The minimum Gasteiger partial charge on any atom is -0.507 e. The van der Waals surface area contributed by atoms with Crippen LogP contribution in [0.3, 0.4) is 0 Å². The molecule has 1 N–H and O–H groups in total. The number of benzene rings is 1. The number of hydrogen-bond donors (Lipinski definition) is 1. The van der Waals surface area contributed by atoms with Crippen molar-refractivity contribution in [2.45, 2.75) is 39.2 Å². The molecule has 3 rings (SSSR count). The molecule has 2 aromatic rings. The molecule has 0 aliphatic carbocycles. The second-order valence-corrected chi connectivity index (χ2v) is 9.82. The molecule has 0 radical (unpaired) electrons. The van der Waals surface area contributed by atoms with Crippen molar-refractivity contribution < 1.29 is 14.7 Å². The topological polar surface area (TPSA) is 77.0 Å². The minimum atomic E-state index is -0.203. The Bertz CT molecular complexity index is 1070. The Hall–Kier alpha value is -3.19. The van der Waals surface area contributed by atoms with Gasteiger partial charge in [-0.15, -0.1) is 0 Å². The molecule has 7 nitrogen and oxygen atoms in total. The van der Waals surface area contributed by atoms with Crippen molar-refractivity contribution in [2.24, 2.45) is 0 Å². The number of phenols is 1. The first-order valence-electron chi connectivity index (χ1n) is 11.2. The molecule has 0 atom stereocenters. The third-order valence-electron chi connectivity index (χ3n) is 5.85. The van der Waals surface area contributed by atoms with Gasteiger partial charge in [-0.25, -0.2) is 0 Å². The first-order chi connectivity index (χ1) is 15.5. The number of phenolic OH excluding ortho intramolecular Hbond substituents is 1. The largest absolute Gasteiger partial charge is 0.507 e. The quantitative estimate of drug-likeness (QED) is 0.707. The Morgan fingerprint density at radius 3 is 2.58 bits per heavy atom. The number of fused-ring (bicyclic) bond motifs is 1. The number of anilines is 1. The molecule has 0 bridgehead atoms. The van der Waals surface area contributed by atoms with Crippen LogP contribution < -0.4 is 4.90 Å². The molecule has 0 saturated heterocycles. The molecule has 176 valence electrons. The molecular weight excluding hydrogens is 416 g/mol. The number of pyridine rings is 1. The van der Waals surface area contributed by atoms with Crippen LogP contribution >= 0.6 is 0 Å². The number of rotatable bonds is 5. The van der Waals surface area contributed by atoms with Crippen LogP contribution in [0.5, 0.6) is 5.75 Å². The number of likely N-dealkylation sites (N-methyl/N-ethyl adjacent to an activating group) is 2. The molecule has 1 aromatic carbocycles. The standard InChI is InChI=1S/C26H34N4O3/c1-26(2,3)19-9-10-23(31)21(15-19)25(33)30-13-11-22-18(17-30)14-20(16-27-22)29(6)24(32)8-7-12-28(4)5/h7-10,14-16,31H,11-13,17H2,1-6H3/b8-7+. The van der Waals surface area contributed by atoms with E-state index in [0.29, 0.717) is 37.3 Å². The van der Waals surface area contributed by atoms with Gasteiger partial charge in [-0.2, -0.15) is 0 Å². The average molecular weight is 451 g/mol. The molecule has 1 aromatic heterocycles. The summed E-state index contributed by atoms with van der Waals surface area (Å²) in [6, 6.07) is 7.16. The molecule has 0 spiro atoms. The zero-order valence-corrected chi connectivity index (χ0v) is 20.4. The maximum atomic E-state index is 13.3. The van der Waals surface area contributed by atoms with Crippen molar-refractivity contribution in [3.63, 3.8) is 0 Å². The fourth-order valence-electron chi connectivity index (χ4n) is 3.72. The second-order valence-electron chi connectivity index (χ2n) is 9.82. The normalized spacial score (nSPS) is 14.0. The SMILES string of the molecule is CN(C)C/C=C/C(=O)N(C)c1cnc2c(c1)CN(C(=O)c1cc(C(C)(C)C)ccc1O)CC2. The zero-order chi connectivity index (χ0) is 24.3. The predicted octanol–water partition coefficient (Wildman–Crippen LogP) is 3.36. The lowest BCUT2D eigenvalue weighted by atomic mass is 9.86. The first kappa shape index (κ1) is 24.5. The summed E-state index contributed by atoms with van der Waals surface area (Å²) in [4.78, 5) is 35.6. The molecule has 33 heavy (non-hydrogen) atoms. The third kappa shape index (κ3) is 5.79. The van der Waals surface area contributed by atoms with Crippen LogP contribution in [-0.4, -0.2) is 65.9 Å².